The molecule has 0 amide bonds. The van der Waals surface area contributed by atoms with Crippen LogP contribution in [0.1, 0.15) is 16.7 Å². The van der Waals surface area contributed by atoms with E-state index in [1.54, 1.807) is 6.20 Å². The highest BCUT2D eigenvalue weighted by Crippen LogP contribution is 2.34. The number of aromatic nitrogens is 2. The highest BCUT2D eigenvalue weighted by molar-refractivity contribution is 6.30. The van der Waals surface area contributed by atoms with Gasteiger partial charge in [0.1, 0.15) is 0 Å². The van der Waals surface area contributed by atoms with E-state index in [4.69, 9.17) is 11.6 Å². The van der Waals surface area contributed by atoms with Crippen molar-refractivity contribution < 1.29 is 5.11 Å². The van der Waals surface area contributed by atoms with E-state index in [1.807, 2.05) is 61.1 Å². The zero-order valence-corrected chi connectivity index (χ0v) is 15.5. The summed E-state index contributed by atoms with van der Waals surface area (Å²) in [6, 6.07) is 14.0. The second kappa shape index (κ2) is 6.50. The van der Waals surface area contributed by atoms with Gasteiger partial charge in [-0.25, -0.2) is 0 Å². The van der Waals surface area contributed by atoms with Crippen LogP contribution in [0.5, 0.6) is 5.88 Å². The van der Waals surface area contributed by atoms with Crippen molar-refractivity contribution in [3.63, 3.8) is 0 Å². The molecule has 1 N–H and O–H groups in total. The molecule has 2 heterocycles. The lowest BCUT2D eigenvalue weighted by Crippen LogP contribution is -1.99. The van der Waals surface area contributed by atoms with Crippen molar-refractivity contribution in [1.82, 2.24) is 9.55 Å². The van der Waals surface area contributed by atoms with Gasteiger partial charge in [-0.3, -0.25) is 4.98 Å². The third kappa shape index (κ3) is 2.95. The fraction of sp³-hybridized carbons (Fsp3) is 0.136. The van der Waals surface area contributed by atoms with Gasteiger partial charge in [0.05, 0.1) is 6.54 Å². The van der Waals surface area contributed by atoms with Crippen molar-refractivity contribution in [3.05, 3.63) is 82.8 Å². The van der Waals surface area contributed by atoms with Crippen LogP contribution in [0.15, 0.2) is 61.1 Å². The number of aromatic hydroxyl groups is 1. The first-order valence-electron chi connectivity index (χ1n) is 8.51. The van der Waals surface area contributed by atoms with Gasteiger partial charge >= 0.3 is 0 Å². The fourth-order valence-electron chi connectivity index (χ4n) is 3.44. The molecule has 0 aliphatic carbocycles. The predicted molar refractivity (Wildman–Crippen MR) is 107 cm³/mol. The van der Waals surface area contributed by atoms with E-state index in [0.717, 1.165) is 43.6 Å². The van der Waals surface area contributed by atoms with Crippen molar-refractivity contribution in [2.75, 3.05) is 0 Å². The molecule has 0 atom stereocenters. The highest BCUT2D eigenvalue weighted by Gasteiger charge is 2.13. The van der Waals surface area contributed by atoms with Crippen molar-refractivity contribution in [3.8, 4) is 17.0 Å². The van der Waals surface area contributed by atoms with Gasteiger partial charge in [-0.15, -0.1) is 0 Å². The number of hydrogen-bond acceptors (Lipinski definition) is 2. The summed E-state index contributed by atoms with van der Waals surface area (Å²) in [4.78, 5) is 4.20. The minimum Gasteiger partial charge on any atom is -0.494 e. The maximum absolute atomic E-state index is 10.8. The largest absolute Gasteiger partial charge is 0.494 e. The summed E-state index contributed by atoms with van der Waals surface area (Å²) in [5.74, 6) is 0.296. The topological polar surface area (TPSA) is 38.0 Å². The van der Waals surface area contributed by atoms with Crippen LogP contribution in [-0.4, -0.2) is 14.7 Å². The maximum Gasteiger partial charge on any atom is 0.199 e. The number of aryl methyl sites for hydroxylation is 2. The third-order valence-electron chi connectivity index (χ3n) is 4.80. The van der Waals surface area contributed by atoms with Gasteiger partial charge in [0.25, 0.3) is 0 Å². The molecule has 0 saturated heterocycles. The molecule has 4 rings (SSSR count). The Labute approximate surface area is 157 Å². The summed E-state index contributed by atoms with van der Waals surface area (Å²) >= 11 is 6.05. The predicted octanol–water partition coefficient (Wildman–Crippen LogP) is 5.73. The normalized spacial score (nSPS) is 11.2. The van der Waals surface area contributed by atoms with E-state index in [1.165, 1.54) is 0 Å². The summed E-state index contributed by atoms with van der Waals surface area (Å²) < 4.78 is 1.89. The molecule has 2 aromatic carbocycles. The van der Waals surface area contributed by atoms with Gasteiger partial charge in [-0.1, -0.05) is 29.8 Å². The molecule has 0 aliphatic heterocycles. The Balaban J connectivity index is 1.80. The summed E-state index contributed by atoms with van der Waals surface area (Å²) in [7, 11) is 0. The quantitative estimate of drug-likeness (QED) is 0.505. The molecule has 130 valence electrons. The van der Waals surface area contributed by atoms with Crippen LogP contribution < -0.4 is 0 Å². The van der Waals surface area contributed by atoms with Crippen LogP contribution in [0.4, 0.5) is 0 Å². The van der Waals surface area contributed by atoms with E-state index >= 15 is 0 Å². The van der Waals surface area contributed by atoms with Crippen LogP contribution >= 0.6 is 11.6 Å². The van der Waals surface area contributed by atoms with Crippen LogP contribution in [0.2, 0.25) is 5.02 Å². The van der Waals surface area contributed by atoms with Gasteiger partial charge in [-0.2, -0.15) is 0 Å². The Morgan fingerprint density at radius 3 is 2.62 bits per heavy atom. The number of nitrogens with zero attached hydrogens (tertiary/aromatic N) is 2. The summed E-state index contributed by atoms with van der Waals surface area (Å²) in [5.41, 5.74) is 5.46. The minimum absolute atomic E-state index is 0.296. The van der Waals surface area contributed by atoms with Crippen LogP contribution in [0.25, 0.3) is 21.9 Å². The second-order valence-corrected chi connectivity index (χ2v) is 7.09. The zero-order chi connectivity index (χ0) is 18.3. The first-order valence-corrected chi connectivity index (χ1v) is 8.88. The molecule has 0 spiro atoms. The standard InChI is InChI=1S/C22H19ClN2O/c1-14-9-20(23)6-5-17(14)12-25-13-19-10-18(16-4-3-7-24-11-16)8-15(2)21(19)22(25)26/h3-11,13,26H,12H2,1-2H3. The number of hydrogen-bond donors (Lipinski definition) is 1. The lowest BCUT2D eigenvalue weighted by atomic mass is 10.0. The average molecular weight is 363 g/mol. The average Bonchev–Trinajstić information content (AvgIpc) is 2.94. The Morgan fingerprint density at radius 1 is 1.04 bits per heavy atom. The molecule has 0 unspecified atom stereocenters. The molecule has 4 aromatic rings. The van der Waals surface area contributed by atoms with E-state index < -0.39 is 0 Å². The van der Waals surface area contributed by atoms with Crippen LogP contribution in [0.3, 0.4) is 0 Å². The number of halogens is 1. The summed E-state index contributed by atoms with van der Waals surface area (Å²) in [5, 5.41) is 13.4. The molecule has 0 aliphatic rings. The minimum atomic E-state index is 0.296. The molecule has 3 nitrogen and oxygen atoms in total. The monoisotopic (exact) mass is 362 g/mol. The summed E-state index contributed by atoms with van der Waals surface area (Å²) in [6.45, 7) is 4.66. The van der Waals surface area contributed by atoms with Gasteiger partial charge in [0, 0.05) is 39.9 Å². The first kappa shape index (κ1) is 16.7. The van der Waals surface area contributed by atoms with Gasteiger partial charge in [-0.05, 0) is 60.4 Å². The van der Waals surface area contributed by atoms with Crippen molar-refractivity contribution in [1.29, 1.82) is 0 Å². The van der Waals surface area contributed by atoms with Gasteiger partial charge < -0.3 is 9.67 Å². The number of fused-ring (bicyclic) bond motifs is 1. The van der Waals surface area contributed by atoms with Crippen LogP contribution in [0, 0.1) is 13.8 Å². The lowest BCUT2D eigenvalue weighted by Gasteiger charge is -2.09. The van der Waals surface area contributed by atoms with E-state index in [0.29, 0.717) is 12.4 Å². The Bertz CT molecular complexity index is 1100. The fourth-order valence-corrected chi connectivity index (χ4v) is 3.66. The number of rotatable bonds is 3. The Kier molecular flexibility index (Phi) is 4.17. The number of benzene rings is 2. The first-order chi connectivity index (χ1) is 12.5. The van der Waals surface area contributed by atoms with Crippen LogP contribution in [-0.2, 0) is 6.54 Å². The van der Waals surface area contributed by atoms with Gasteiger partial charge in [0.15, 0.2) is 5.88 Å². The van der Waals surface area contributed by atoms with E-state index in [9.17, 15) is 5.11 Å². The van der Waals surface area contributed by atoms with Crippen molar-refractivity contribution in [2.24, 2.45) is 0 Å². The molecule has 0 saturated carbocycles. The molecular formula is C22H19ClN2O. The smallest absolute Gasteiger partial charge is 0.199 e. The Hall–Kier alpha value is -2.78. The van der Waals surface area contributed by atoms with E-state index in [-0.39, 0.29) is 0 Å². The molecule has 0 radical (unpaired) electrons. The second-order valence-electron chi connectivity index (χ2n) is 6.65. The molecule has 26 heavy (non-hydrogen) atoms. The molecule has 0 fully saturated rings. The van der Waals surface area contributed by atoms with Gasteiger partial charge in [0.2, 0.25) is 0 Å². The van der Waals surface area contributed by atoms with Crippen molar-refractivity contribution in [2.45, 2.75) is 20.4 Å². The Morgan fingerprint density at radius 2 is 1.88 bits per heavy atom. The summed E-state index contributed by atoms with van der Waals surface area (Å²) in [6.07, 6.45) is 5.63. The SMILES string of the molecule is Cc1cc(Cl)ccc1Cn1cc2cc(-c3cccnc3)cc(C)c2c1O. The van der Waals surface area contributed by atoms with Crippen molar-refractivity contribution >= 4 is 22.4 Å². The number of pyridine rings is 1. The lowest BCUT2D eigenvalue weighted by molar-refractivity contribution is 0.430. The molecule has 4 heteroatoms. The maximum atomic E-state index is 10.8. The van der Waals surface area contributed by atoms with E-state index in [2.05, 4.69) is 17.1 Å². The molecular weight excluding hydrogens is 344 g/mol. The molecule has 2 aromatic heterocycles. The molecule has 0 bridgehead atoms. The zero-order valence-electron chi connectivity index (χ0n) is 14.7. The highest BCUT2D eigenvalue weighted by atomic mass is 35.5. The third-order valence-corrected chi connectivity index (χ3v) is 5.03.